The number of hydrogen-bond acceptors (Lipinski definition) is 2. The minimum absolute atomic E-state index is 0.0120. The summed E-state index contributed by atoms with van der Waals surface area (Å²) in [4.78, 5) is 21.4. The second kappa shape index (κ2) is 9.30. The zero-order valence-electron chi connectivity index (χ0n) is 14.4. The summed E-state index contributed by atoms with van der Waals surface area (Å²) in [6.07, 6.45) is 2.43. The zero-order valence-corrected chi connectivity index (χ0v) is 14.4. The molecule has 0 bridgehead atoms. The molecule has 0 heterocycles. The molecule has 0 spiro atoms. The predicted molar refractivity (Wildman–Crippen MR) is 90.6 cm³/mol. The maximum Gasteiger partial charge on any atom is 0.303 e. The second-order valence-corrected chi connectivity index (χ2v) is 6.22. The molecule has 0 aliphatic heterocycles. The highest BCUT2D eigenvalue weighted by molar-refractivity contribution is 5.98. The molecule has 0 unspecified atom stereocenters. The Hall–Kier alpha value is -2.70. The van der Waals surface area contributed by atoms with E-state index in [-0.39, 0.29) is 17.8 Å². The van der Waals surface area contributed by atoms with Crippen LogP contribution in [0.25, 0.3) is 0 Å². The molecule has 2 aromatic carbocycles. The van der Waals surface area contributed by atoms with Crippen LogP contribution in [-0.4, -0.2) is 16.9 Å². The van der Waals surface area contributed by atoms with E-state index < -0.39 is 29.2 Å². The smallest absolute Gasteiger partial charge is 0.303 e. The van der Waals surface area contributed by atoms with Gasteiger partial charge in [0.2, 0.25) is 0 Å². The number of carbonyl (C=O) groups is 2. The normalized spacial score (nSPS) is 12.8. The summed E-state index contributed by atoms with van der Waals surface area (Å²) in [5.41, 5.74) is 1.09. The van der Waals surface area contributed by atoms with Crippen LogP contribution in [0.1, 0.15) is 47.2 Å². The van der Waals surface area contributed by atoms with Gasteiger partial charge in [0, 0.05) is 25.0 Å². The summed E-state index contributed by atoms with van der Waals surface area (Å²) in [6.45, 7) is 0. The molecular formula is C20H18F4O3. The molecule has 0 saturated carbocycles. The van der Waals surface area contributed by atoms with Crippen molar-refractivity contribution in [1.29, 1.82) is 0 Å². The first-order valence-corrected chi connectivity index (χ1v) is 8.44. The molecule has 1 aliphatic carbocycles. The lowest BCUT2D eigenvalue weighted by atomic mass is 9.90. The van der Waals surface area contributed by atoms with Crippen LogP contribution < -0.4 is 0 Å². The van der Waals surface area contributed by atoms with Gasteiger partial charge in [0.15, 0.2) is 5.78 Å². The number of halogens is 4. The van der Waals surface area contributed by atoms with E-state index in [0.717, 1.165) is 12.1 Å². The highest BCUT2D eigenvalue weighted by atomic mass is 19.1. The van der Waals surface area contributed by atoms with Crippen LogP contribution in [0.4, 0.5) is 17.6 Å². The van der Waals surface area contributed by atoms with Gasteiger partial charge in [-0.15, -0.1) is 0 Å². The number of carboxylic acid groups (broad SMARTS) is 1. The van der Waals surface area contributed by atoms with Crippen molar-refractivity contribution in [2.45, 2.75) is 38.5 Å². The maximum atomic E-state index is 13.1. The fourth-order valence-electron chi connectivity index (χ4n) is 2.90. The number of carboxylic acids is 1. The van der Waals surface area contributed by atoms with Crippen LogP contribution in [0.15, 0.2) is 30.3 Å². The van der Waals surface area contributed by atoms with Crippen molar-refractivity contribution in [2.75, 3.05) is 0 Å². The Labute approximate surface area is 153 Å². The monoisotopic (exact) mass is 382 g/mol. The molecule has 3 rings (SSSR count). The van der Waals surface area contributed by atoms with Crippen LogP contribution in [0.5, 0.6) is 0 Å². The van der Waals surface area contributed by atoms with Crippen molar-refractivity contribution in [3.8, 4) is 0 Å². The molecule has 7 heteroatoms. The Morgan fingerprint density at radius 2 is 1.56 bits per heavy atom. The lowest BCUT2D eigenvalue weighted by molar-refractivity contribution is -0.137. The van der Waals surface area contributed by atoms with Crippen molar-refractivity contribution >= 4 is 11.8 Å². The van der Waals surface area contributed by atoms with E-state index in [1.807, 2.05) is 0 Å². The van der Waals surface area contributed by atoms with Gasteiger partial charge in [0.05, 0.1) is 5.56 Å². The van der Waals surface area contributed by atoms with Crippen molar-refractivity contribution in [2.24, 2.45) is 0 Å². The lowest BCUT2D eigenvalue weighted by Gasteiger charge is -2.14. The predicted octanol–water partition coefficient (Wildman–Crippen LogP) is 4.86. The first-order valence-electron chi connectivity index (χ1n) is 8.44. The van der Waals surface area contributed by atoms with Gasteiger partial charge >= 0.3 is 5.97 Å². The van der Waals surface area contributed by atoms with Gasteiger partial charge < -0.3 is 5.11 Å². The standard InChI is InChI=1S/C10H10F2O2.C10H8F2O/c11-8-4-7(5-9(12)6-8)2-1-3-10(13)14;11-7-4-6-2-1-3-9(13)10(6)8(12)5-7/h4-6H,1-3H2,(H,13,14);4-5H,1-3H2. The number of benzene rings is 2. The van der Waals surface area contributed by atoms with Gasteiger partial charge in [-0.25, -0.2) is 17.6 Å². The molecule has 0 atom stereocenters. The van der Waals surface area contributed by atoms with Gasteiger partial charge in [0.1, 0.15) is 23.3 Å². The first kappa shape index (κ1) is 20.6. The molecule has 3 nitrogen and oxygen atoms in total. The largest absolute Gasteiger partial charge is 0.481 e. The highest BCUT2D eigenvalue weighted by Gasteiger charge is 2.21. The van der Waals surface area contributed by atoms with Crippen LogP contribution in [0, 0.1) is 23.3 Å². The summed E-state index contributed by atoms with van der Waals surface area (Å²) in [6, 6.07) is 5.23. The van der Waals surface area contributed by atoms with E-state index in [2.05, 4.69) is 0 Å². The molecule has 2 aromatic rings. The third-order valence-corrected chi connectivity index (χ3v) is 4.04. The van der Waals surface area contributed by atoms with Crippen molar-refractivity contribution in [3.05, 3.63) is 70.3 Å². The van der Waals surface area contributed by atoms with Crippen LogP contribution in [-0.2, 0) is 17.6 Å². The summed E-state index contributed by atoms with van der Waals surface area (Å²) >= 11 is 0. The molecule has 0 aromatic heterocycles. The average molecular weight is 382 g/mol. The van der Waals surface area contributed by atoms with Gasteiger partial charge in [-0.05, 0) is 55.0 Å². The SMILES string of the molecule is O=C(O)CCCc1cc(F)cc(F)c1.O=C1CCCc2cc(F)cc(F)c21. The Kier molecular flexibility index (Phi) is 7.10. The van der Waals surface area contributed by atoms with Gasteiger partial charge in [-0.2, -0.15) is 0 Å². The quantitative estimate of drug-likeness (QED) is 0.769. The topological polar surface area (TPSA) is 54.4 Å². The molecule has 0 saturated heterocycles. The van der Waals surface area contributed by atoms with Crippen molar-refractivity contribution in [3.63, 3.8) is 0 Å². The number of Topliss-reactive ketones (excluding diaryl/α,β-unsaturated/α-hetero) is 1. The Bertz CT molecular complexity index is 829. The molecule has 0 fully saturated rings. The molecular weight excluding hydrogens is 364 g/mol. The third-order valence-electron chi connectivity index (χ3n) is 4.04. The highest BCUT2D eigenvalue weighted by Crippen LogP contribution is 2.24. The van der Waals surface area contributed by atoms with E-state index >= 15 is 0 Å². The fourth-order valence-corrected chi connectivity index (χ4v) is 2.90. The van der Waals surface area contributed by atoms with Crippen LogP contribution >= 0.6 is 0 Å². The van der Waals surface area contributed by atoms with E-state index in [1.165, 1.54) is 18.2 Å². The van der Waals surface area contributed by atoms with E-state index in [4.69, 9.17) is 5.11 Å². The molecule has 0 amide bonds. The van der Waals surface area contributed by atoms with Crippen molar-refractivity contribution in [1.82, 2.24) is 0 Å². The molecule has 1 aliphatic rings. The Morgan fingerprint density at radius 3 is 2.19 bits per heavy atom. The van der Waals surface area contributed by atoms with E-state index in [9.17, 15) is 27.2 Å². The summed E-state index contributed by atoms with van der Waals surface area (Å²) in [5, 5.41) is 8.35. The first-order chi connectivity index (χ1) is 12.8. The van der Waals surface area contributed by atoms with Crippen LogP contribution in [0.2, 0.25) is 0 Å². The minimum Gasteiger partial charge on any atom is -0.481 e. The number of rotatable bonds is 4. The van der Waals surface area contributed by atoms with E-state index in [1.54, 1.807) is 0 Å². The van der Waals surface area contributed by atoms with E-state index in [0.29, 0.717) is 43.2 Å². The zero-order chi connectivity index (χ0) is 20.0. The summed E-state index contributed by atoms with van der Waals surface area (Å²) in [7, 11) is 0. The number of carbonyl (C=O) groups excluding carboxylic acids is 1. The number of aryl methyl sites for hydroxylation is 2. The second-order valence-electron chi connectivity index (χ2n) is 6.22. The number of fused-ring (bicyclic) bond motifs is 1. The van der Waals surface area contributed by atoms with Crippen LogP contribution in [0.3, 0.4) is 0 Å². The van der Waals surface area contributed by atoms with Gasteiger partial charge in [-0.3, -0.25) is 9.59 Å². The number of hydrogen-bond donors (Lipinski definition) is 1. The summed E-state index contributed by atoms with van der Waals surface area (Å²) in [5.74, 6) is -3.70. The number of ketones is 1. The fraction of sp³-hybridized carbons (Fsp3) is 0.300. The van der Waals surface area contributed by atoms with Crippen molar-refractivity contribution < 1.29 is 32.3 Å². The minimum atomic E-state index is -0.901. The molecule has 1 N–H and O–H groups in total. The Balaban J connectivity index is 0.000000194. The maximum absolute atomic E-state index is 13.1. The van der Waals surface area contributed by atoms with Gasteiger partial charge in [0.25, 0.3) is 0 Å². The molecule has 27 heavy (non-hydrogen) atoms. The molecule has 144 valence electrons. The average Bonchev–Trinajstić information content (AvgIpc) is 2.53. The molecule has 0 radical (unpaired) electrons. The summed E-state index contributed by atoms with van der Waals surface area (Å²) < 4.78 is 51.2. The third kappa shape index (κ3) is 6.20. The lowest BCUT2D eigenvalue weighted by Crippen LogP contribution is -2.13. The Morgan fingerprint density at radius 1 is 0.926 bits per heavy atom. The van der Waals surface area contributed by atoms with Gasteiger partial charge in [-0.1, -0.05) is 0 Å². The number of aliphatic carboxylic acids is 1.